The molecule has 0 amide bonds. The fourth-order valence-electron chi connectivity index (χ4n) is 1.77. The van der Waals surface area contributed by atoms with E-state index in [0.29, 0.717) is 0 Å². The second-order valence-electron chi connectivity index (χ2n) is 5.00. The molecule has 0 aromatic rings. The molecule has 1 unspecified atom stereocenters. The molecule has 0 aliphatic rings. The number of carbonyl (C=O) groups excluding carboxylic acids is 1. The maximum absolute atomic E-state index is 11.7. The van der Waals surface area contributed by atoms with Gasteiger partial charge in [0.15, 0.2) is 5.60 Å². The number of esters is 1. The Kier molecular flexibility index (Phi) is 26.6. The van der Waals surface area contributed by atoms with Gasteiger partial charge in [0.2, 0.25) is 5.60 Å². The van der Waals surface area contributed by atoms with Gasteiger partial charge in [-0.05, 0) is 0 Å². The summed E-state index contributed by atoms with van der Waals surface area (Å²) in [6, 6.07) is 0. The number of hydrogen-bond acceptors (Lipinski definition) is 8. The average molecular weight is 474 g/mol. The molecule has 0 saturated heterocycles. The molecule has 15 nitrogen and oxygen atoms in total. The first kappa shape index (κ1) is 43.6. The molecular weight excluding hydrogens is 453 g/mol. The minimum atomic E-state index is -3.17. The second-order valence-corrected chi connectivity index (χ2v) is 5.00. The number of aliphatic carboxylic acids is 5. The van der Waals surface area contributed by atoms with Crippen molar-refractivity contribution in [2.75, 3.05) is 0 Å². The largest absolute Gasteiger partial charge is 1.00 e. The summed E-state index contributed by atoms with van der Waals surface area (Å²) >= 11 is 0. The topological polar surface area (TPSA) is 296 Å². The average Bonchev–Trinajstić information content (AvgIpc) is 2.34. The zero-order chi connectivity index (χ0) is 20.0. The van der Waals surface area contributed by atoms with Crippen molar-refractivity contribution >= 4 is 35.8 Å². The van der Waals surface area contributed by atoms with Crippen LogP contribution < -0.4 is 88.7 Å². The van der Waals surface area contributed by atoms with Crippen LogP contribution >= 0.6 is 0 Å². The first-order valence-corrected chi connectivity index (χ1v) is 6.30. The molecule has 0 heterocycles. The molecule has 0 aromatic carbocycles. The molecule has 18 heteroatoms. The van der Waals surface area contributed by atoms with Crippen LogP contribution in [0.4, 0.5) is 0 Å². The van der Waals surface area contributed by atoms with Gasteiger partial charge in [0.1, 0.15) is 0 Å². The van der Waals surface area contributed by atoms with Crippen molar-refractivity contribution in [2.45, 2.75) is 36.9 Å². The third kappa shape index (κ3) is 14.7. The van der Waals surface area contributed by atoms with Gasteiger partial charge in [-0.25, -0.2) is 9.59 Å². The summed E-state index contributed by atoms with van der Waals surface area (Å²) in [4.78, 5) is 66.0. The van der Waals surface area contributed by atoms with Crippen molar-refractivity contribution in [3.05, 3.63) is 0 Å². The van der Waals surface area contributed by atoms with E-state index in [4.69, 9.17) is 25.5 Å². The summed E-state index contributed by atoms with van der Waals surface area (Å²) in [5, 5.41) is 53.5. The number of ether oxygens (including phenoxy) is 1. The van der Waals surface area contributed by atoms with Crippen LogP contribution in [0.1, 0.15) is 30.0 Å². The van der Waals surface area contributed by atoms with E-state index >= 15 is 0 Å². The molecule has 0 rings (SSSR count). The van der Waals surface area contributed by atoms with E-state index in [9.17, 15) is 33.9 Å². The van der Waals surface area contributed by atoms with Gasteiger partial charge in [-0.15, -0.1) is 0 Å². The molecule has 10 N–H and O–H groups in total. The van der Waals surface area contributed by atoms with Crippen molar-refractivity contribution in [2.24, 2.45) is 0 Å². The zero-order valence-electron chi connectivity index (χ0n) is 19.4. The van der Waals surface area contributed by atoms with Crippen molar-refractivity contribution < 1.29 is 168 Å². The quantitative estimate of drug-likeness (QED) is 0.120. The van der Waals surface area contributed by atoms with Crippen LogP contribution in [0.15, 0.2) is 0 Å². The van der Waals surface area contributed by atoms with E-state index in [0.717, 1.165) is 0 Å². The molecule has 1 atom stereocenters. The van der Waals surface area contributed by atoms with Crippen LogP contribution in [0.3, 0.4) is 0 Å². The number of aliphatic hydroxyl groups is 1. The monoisotopic (exact) mass is 474 g/mol. The number of carboxylic acids is 5. The molecule has 0 radical (unpaired) electrons. The number of rotatable bonds is 11. The first-order chi connectivity index (χ1) is 11.2. The van der Waals surface area contributed by atoms with Crippen molar-refractivity contribution in [3.63, 3.8) is 0 Å². The number of hydrogen-bond donors (Lipinski definition) is 6. The molecule has 30 heavy (non-hydrogen) atoms. The second kappa shape index (κ2) is 18.3. The Bertz CT molecular complexity index is 620. The van der Waals surface area contributed by atoms with Gasteiger partial charge in [-0.1, -0.05) is 0 Å². The third-order valence-electron chi connectivity index (χ3n) is 2.85. The summed E-state index contributed by atoms with van der Waals surface area (Å²) in [6.45, 7) is 0. The van der Waals surface area contributed by atoms with E-state index in [1.807, 2.05) is 0 Å². The Labute approximate surface area is 238 Å². The van der Waals surface area contributed by atoms with Crippen LogP contribution in [0.25, 0.3) is 0 Å². The smallest absolute Gasteiger partial charge is 1.00 e. The summed E-state index contributed by atoms with van der Waals surface area (Å²) in [5.74, 6) is -11.6. The van der Waals surface area contributed by atoms with Crippen LogP contribution in [0.2, 0.25) is 0 Å². The number of carboxylic acid groups (broad SMARTS) is 5. The van der Waals surface area contributed by atoms with Gasteiger partial charge in [0.25, 0.3) is 0 Å². The van der Waals surface area contributed by atoms with Crippen LogP contribution in [-0.2, 0) is 33.5 Å². The van der Waals surface area contributed by atoms with Gasteiger partial charge in [0.05, 0.1) is 25.7 Å². The normalized spacial score (nSPS) is 11.1. The van der Waals surface area contributed by atoms with E-state index in [2.05, 4.69) is 4.74 Å². The molecule has 0 saturated carbocycles. The molecule has 0 aliphatic carbocycles. The van der Waals surface area contributed by atoms with Crippen LogP contribution in [0.5, 0.6) is 0 Å². The van der Waals surface area contributed by atoms with Crippen LogP contribution in [0, 0.1) is 0 Å². The molecule has 0 spiro atoms. The van der Waals surface area contributed by atoms with E-state index in [-0.39, 0.29) is 104 Å². The van der Waals surface area contributed by atoms with Crippen molar-refractivity contribution in [1.29, 1.82) is 0 Å². The Morgan fingerprint density at radius 3 is 1.20 bits per heavy atom. The van der Waals surface area contributed by atoms with Gasteiger partial charge >= 0.3 is 124 Å². The zero-order valence-corrected chi connectivity index (χ0v) is 22.4. The molecule has 0 aliphatic heterocycles. The summed E-state index contributed by atoms with van der Waals surface area (Å²) in [7, 11) is 0. The van der Waals surface area contributed by atoms with E-state index in [1.54, 1.807) is 0 Å². The van der Waals surface area contributed by atoms with Crippen molar-refractivity contribution in [1.82, 2.24) is 0 Å². The predicted molar refractivity (Wildman–Crippen MR) is 81.0 cm³/mol. The SMILES string of the molecule is O.O.O=C(O)CC(O)(CC(=O)OC(CC(=O)O)(CC(=O)O)C(=O)O)C(=O)O.[H-].[H-].[H-].[Na+].[Na+].[Na+]. The standard InChI is InChI=1S/C12H14O13.3Na.2H2O.3H/c13-5(14)1-11(24,9(20)21)4-8(19)25-12(10(22)23,2-6(15)16)3-7(17)18;;;;;;;;/h24H,1-4H2,(H,13,14)(H,15,16)(H,17,18)(H,20,21)(H,22,23);;;;2*1H2;;;/q;3*+1;;;3*-1. The van der Waals surface area contributed by atoms with Crippen molar-refractivity contribution in [3.8, 4) is 0 Å². The summed E-state index contributed by atoms with van der Waals surface area (Å²) < 4.78 is 4.33. The Hall–Kier alpha value is -0.300. The maximum Gasteiger partial charge on any atom is 1.00 e. The van der Waals surface area contributed by atoms with E-state index in [1.165, 1.54) is 0 Å². The van der Waals surface area contributed by atoms with Gasteiger partial charge in [-0.3, -0.25) is 19.2 Å². The number of carbonyl (C=O) groups is 6. The Morgan fingerprint density at radius 1 is 0.633 bits per heavy atom. The third-order valence-corrected chi connectivity index (χ3v) is 2.85. The fraction of sp³-hybridized carbons (Fsp3) is 0.500. The Balaban J connectivity index is -0.000000103. The summed E-state index contributed by atoms with van der Waals surface area (Å²) in [6.07, 6.45) is -5.94. The maximum atomic E-state index is 11.7. The van der Waals surface area contributed by atoms with Crippen LogP contribution in [-0.4, -0.2) is 88.6 Å². The molecule has 162 valence electrons. The van der Waals surface area contributed by atoms with Gasteiger partial charge in [-0.2, -0.15) is 0 Å². The fourth-order valence-corrected chi connectivity index (χ4v) is 1.77. The van der Waals surface area contributed by atoms with E-state index < -0.39 is 72.7 Å². The molecule has 0 aromatic heterocycles. The molecule has 0 fully saturated rings. The van der Waals surface area contributed by atoms with Gasteiger partial charge < -0.3 is 50.6 Å². The first-order valence-electron chi connectivity index (χ1n) is 6.30. The predicted octanol–water partition coefficient (Wildman–Crippen LogP) is -12.3. The molecular formula is C12H21Na3O15. The Morgan fingerprint density at radius 2 is 0.967 bits per heavy atom. The minimum Gasteiger partial charge on any atom is -1.00 e. The minimum absolute atomic E-state index is 0. The summed E-state index contributed by atoms with van der Waals surface area (Å²) in [5.41, 5.74) is -6.24. The molecule has 0 bridgehead atoms. The van der Waals surface area contributed by atoms with Gasteiger partial charge in [0, 0.05) is 0 Å².